The lowest BCUT2D eigenvalue weighted by molar-refractivity contribution is 0.0920. The summed E-state index contributed by atoms with van der Waals surface area (Å²) in [4.78, 5) is 0. The highest BCUT2D eigenvalue weighted by Gasteiger charge is 2.06. The fraction of sp³-hybridized carbons (Fsp3) is 0.417. The second-order valence-corrected chi connectivity index (χ2v) is 3.58. The van der Waals surface area contributed by atoms with Gasteiger partial charge in [0.05, 0.1) is 19.1 Å². The van der Waals surface area contributed by atoms with Gasteiger partial charge in [0.25, 0.3) is 0 Å². The van der Waals surface area contributed by atoms with Crippen LogP contribution in [0.25, 0.3) is 0 Å². The van der Waals surface area contributed by atoms with E-state index in [2.05, 4.69) is 6.07 Å². The number of nitriles is 1. The van der Waals surface area contributed by atoms with Crippen molar-refractivity contribution in [3.05, 3.63) is 23.8 Å². The second-order valence-electron chi connectivity index (χ2n) is 3.58. The van der Waals surface area contributed by atoms with Gasteiger partial charge in [0.2, 0.25) is 0 Å². The molecule has 4 nitrogen and oxygen atoms in total. The summed E-state index contributed by atoms with van der Waals surface area (Å²) < 4.78 is 10.6. The maximum atomic E-state index is 8.63. The van der Waals surface area contributed by atoms with E-state index in [1.54, 1.807) is 25.3 Å². The molecule has 0 aliphatic heterocycles. The van der Waals surface area contributed by atoms with E-state index in [1.807, 2.05) is 6.92 Å². The van der Waals surface area contributed by atoms with Crippen molar-refractivity contribution < 1.29 is 9.47 Å². The third-order valence-corrected chi connectivity index (χ3v) is 2.12. The van der Waals surface area contributed by atoms with E-state index in [4.69, 9.17) is 20.5 Å². The molecule has 16 heavy (non-hydrogen) atoms. The van der Waals surface area contributed by atoms with Crippen LogP contribution in [0.5, 0.6) is 5.75 Å². The van der Waals surface area contributed by atoms with Crippen LogP contribution in [0.3, 0.4) is 0 Å². The molecular weight excluding hydrogens is 204 g/mol. The molecule has 0 saturated carbocycles. The SMILES string of the molecule is COCC(C)Oc1ccc(N)c(CC#N)c1. The molecule has 1 aromatic rings. The van der Waals surface area contributed by atoms with Gasteiger partial charge in [-0.2, -0.15) is 5.26 Å². The number of rotatable bonds is 5. The Labute approximate surface area is 95.6 Å². The van der Waals surface area contributed by atoms with Crippen molar-refractivity contribution in [2.45, 2.75) is 19.4 Å². The van der Waals surface area contributed by atoms with Gasteiger partial charge in [-0.3, -0.25) is 0 Å². The van der Waals surface area contributed by atoms with Crippen molar-refractivity contribution in [2.75, 3.05) is 19.5 Å². The van der Waals surface area contributed by atoms with Crippen LogP contribution in [-0.4, -0.2) is 19.8 Å². The maximum absolute atomic E-state index is 8.63. The van der Waals surface area contributed by atoms with E-state index >= 15 is 0 Å². The van der Waals surface area contributed by atoms with Crippen LogP contribution in [0.1, 0.15) is 12.5 Å². The molecule has 1 unspecified atom stereocenters. The summed E-state index contributed by atoms with van der Waals surface area (Å²) in [7, 11) is 1.63. The predicted molar refractivity (Wildman–Crippen MR) is 62.1 cm³/mol. The molecule has 0 bridgehead atoms. The number of anilines is 1. The molecule has 0 heterocycles. The van der Waals surface area contributed by atoms with Crippen molar-refractivity contribution in [3.8, 4) is 11.8 Å². The topological polar surface area (TPSA) is 68.3 Å². The average molecular weight is 220 g/mol. The Morgan fingerprint density at radius 2 is 2.25 bits per heavy atom. The highest BCUT2D eigenvalue weighted by molar-refractivity contribution is 5.51. The summed E-state index contributed by atoms with van der Waals surface area (Å²) in [5.41, 5.74) is 7.15. The molecule has 0 aliphatic carbocycles. The summed E-state index contributed by atoms with van der Waals surface area (Å²) in [6.45, 7) is 2.45. The smallest absolute Gasteiger partial charge is 0.120 e. The number of nitrogens with two attached hydrogens (primary N) is 1. The van der Waals surface area contributed by atoms with E-state index < -0.39 is 0 Å². The lowest BCUT2D eigenvalue weighted by Gasteiger charge is -2.14. The first-order valence-corrected chi connectivity index (χ1v) is 5.08. The molecule has 0 aliphatic rings. The number of benzene rings is 1. The first-order valence-electron chi connectivity index (χ1n) is 5.08. The van der Waals surface area contributed by atoms with Crippen LogP contribution in [0.4, 0.5) is 5.69 Å². The zero-order valence-electron chi connectivity index (χ0n) is 9.56. The van der Waals surface area contributed by atoms with Gasteiger partial charge in [-0.15, -0.1) is 0 Å². The normalized spacial score (nSPS) is 11.8. The van der Waals surface area contributed by atoms with Gasteiger partial charge in [0, 0.05) is 12.8 Å². The van der Waals surface area contributed by atoms with E-state index in [9.17, 15) is 0 Å². The number of nitrogens with zero attached hydrogens (tertiary/aromatic N) is 1. The fourth-order valence-electron chi connectivity index (χ4n) is 1.39. The van der Waals surface area contributed by atoms with Gasteiger partial charge in [0.1, 0.15) is 11.9 Å². The second kappa shape index (κ2) is 5.99. The Morgan fingerprint density at radius 3 is 2.88 bits per heavy atom. The summed E-state index contributed by atoms with van der Waals surface area (Å²) in [6, 6.07) is 7.41. The van der Waals surface area contributed by atoms with Gasteiger partial charge in [-0.05, 0) is 30.7 Å². The molecule has 0 spiro atoms. The van der Waals surface area contributed by atoms with E-state index in [-0.39, 0.29) is 6.10 Å². The quantitative estimate of drug-likeness (QED) is 0.767. The van der Waals surface area contributed by atoms with Crippen molar-refractivity contribution in [1.29, 1.82) is 5.26 Å². The number of nitrogen functional groups attached to an aromatic ring is 1. The molecule has 2 N–H and O–H groups in total. The maximum Gasteiger partial charge on any atom is 0.120 e. The number of hydrogen-bond acceptors (Lipinski definition) is 4. The van der Waals surface area contributed by atoms with Crippen molar-refractivity contribution in [2.24, 2.45) is 0 Å². The van der Waals surface area contributed by atoms with Gasteiger partial charge in [-0.25, -0.2) is 0 Å². The molecule has 0 amide bonds. The molecular formula is C12H16N2O2. The molecule has 4 heteroatoms. The third kappa shape index (κ3) is 3.44. The minimum absolute atomic E-state index is 0.0245. The average Bonchev–Trinajstić information content (AvgIpc) is 2.24. The fourth-order valence-corrected chi connectivity index (χ4v) is 1.39. The van der Waals surface area contributed by atoms with Gasteiger partial charge in [-0.1, -0.05) is 0 Å². The molecule has 0 saturated heterocycles. The van der Waals surface area contributed by atoms with Crippen LogP contribution in [0, 0.1) is 11.3 Å². The zero-order chi connectivity index (χ0) is 12.0. The summed E-state index contributed by atoms with van der Waals surface area (Å²) in [5.74, 6) is 0.712. The van der Waals surface area contributed by atoms with Crippen LogP contribution in [-0.2, 0) is 11.2 Å². The van der Waals surface area contributed by atoms with Crippen molar-refractivity contribution in [3.63, 3.8) is 0 Å². The van der Waals surface area contributed by atoms with E-state index in [0.717, 1.165) is 5.56 Å². The predicted octanol–water partition coefficient (Wildman–Crippen LogP) is 1.75. The van der Waals surface area contributed by atoms with Crippen molar-refractivity contribution in [1.82, 2.24) is 0 Å². The Bertz CT molecular complexity index is 385. The van der Waals surface area contributed by atoms with Crippen LogP contribution >= 0.6 is 0 Å². The minimum Gasteiger partial charge on any atom is -0.488 e. The molecule has 86 valence electrons. The molecule has 0 radical (unpaired) electrons. The highest BCUT2D eigenvalue weighted by atomic mass is 16.5. The van der Waals surface area contributed by atoms with Gasteiger partial charge >= 0.3 is 0 Å². The first kappa shape index (κ1) is 12.3. The summed E-state index contributed by atoms with van der Waals surface area (Å²) in [5, 5.41) is 8.63. The lowest BCUT2D eigenvalue weighted by atomic mass is 10.1. The Balaban J connectivity index is 2.75. The standard InChI is InChI=1S/C12H16N2O2/c1-9(8-15-2)16-11-3-4-12(14)10(7-11)5-6-13/h3-4,7,9H,5,8,14H2,1-2H3. The summed E-state index contributed by atoms with van der Waals surface area (Å²) >= 11 is 0. The van der Waals surface area contributed by atoms with Crippen molar-refractivity contribution >= 4 is 5.69 Å². The first-order chi connectivity index (χ1) is 7.67. The molecule has 1 atom stereocenters. The highest BCUT2D eigenvalue weighted by Crippen LogP contribution is 2.21. The number of methoxy groups -OCH3 is 1. The molecule has 1 aromatic carbocycles. The van der Waals surface area contributed by atoms with E-state index in [0.29, 0.717) is 24.5 Å². The lowest BCUT2D eigenvalue weighted by Crippen LogP contribution is -2.18. The largest absolute Gasteiger partial charge is 0.488 e. The van der Waals surface area contributed by atoms with E-state index in [1.165, 1.54) is 0 Å². The van der Waals surface area contributed by atoms with Gasteiger partial charge in [0.15, 0.2) is 0 Å². The Morgan fingerprint density at radius 1 is 1.50 bits per heavy atom. The zero-order valence-corrected chi connectivity index (χ0v) is 9.56. The van der Waals surface area contributed by atoms with Crippen LogP contribution in [0.15, 0.2) is 18.2 Å². The monoisotopic (exact) mass is 220 g/mol. The third-order valence-electron chi connectivity index (χ3n) is 2.12. The van der Waals surface area contributed by atoms with Crippen LogP contribution in [0.2, 0.25) is 0 Å². The molecule has 0 aromatic heterocycles. The molecule has 1 rings (SSSR count). The minimum atomic E-state index is -0.0245. The Kier molecular flexibility index (Phi) is 4.62. The summed E-state index contributed by atoms with van der Waals surface area (Å²) in [6.07, 6.45) is 0.269. The Hall–Kier alpha value is -1.73. The number of hydrogen-bond donors (Lipinski definition) is 1. The van der Waals surface area contributed by atoms with Crippen LogP contribution < -0.4 is 10.5 Å². The van der Waals surface area contributed by atoms with Gasteiger partial charge < -0.3 is 15.2 Å². The number of ether oxygens (including phenoxy) is 2. The molecule has 0 fully saturated rings.